The molecule has 1 aromatic carbocycles. The van der Waals surface area contributed by atoms with Crippen LogP contribution < -0.4 is 0 Å². The van der Waals surface area contributed by atoms with Gasteiger partial charge in [0.2, 0.25) is 5.91 Å². The molecule has 5 heteroatoms. The summed E-state index contributed by atoms with van der Waals surface area (Å²) in [5.41, 5.74) is 2.02. The minimum Gasteiger partial charge on any atom is -0.429 e. The first-order valence-corrected chi connectivity index (χ1v) is 6.99. The molecule has 1 aromatic heterocycles. The minimum atomic E-state index is -0.408. The maximum absolute atomic E-state index is 11.5. The van der Waals surface area contributed by atoms with Crippen LogP contribution in [0.5, 0.6) is 0 Å². The normalized spacial score (nSPS) is 17.5. The highest BCUT2D eigenvalue weighted by molar-refractivity contribution is 5.85. The summed E-state index contributed by atoms with van der Waals surface area (Å²) < 4.78 is 5.32. The summed E-state index contributed by atoms with van der Waals surface area (Å²) in [7, 11) is 0. The molecule has 22 heavy (non-hydrogen) atoms. The molecule has 1 unspecified atom stereocenters. The van der Waals surface area contributed by atoms with Crippen LogP contribution in [0.4, 0.5) is 0 Å². The van der Waals surface area contributed by atoms with Crippen molar-refractivity contribution in [2.24, 2.45) is 0 Å². The van der Waals surface area contributed by atoms with Gasteiger partial charge in [0.15, 0.2) is 0 Å². The van der Waals surface area contributed by atoms with E-state index in [4.69, 9.17) is 4.74 Å². The molecule has 2 aromatic rings. The number of aromatic amines is 1. The number of aromatic nitrogens is 1. The Labute approximate surface area is 127 Å². The average molecular weight is 296 g/mol. The number of H-pyrrole nitrogens is 1. The van der Waals surface area contributed by atoms with Gasteiger partial charge in [-0.1, -0.05) is 24.3 Å². The van der Waals surface area contributed by atoms with Crippen molar-refractivity contribution in [3.63, 3.8) is 0 Å². The van der Waals surface area contributed by atoms with Crippen molar-refractivity contribution in [3.05, 3.63) is 60.3 Å². The Balaban J connectivity index is 2.04. The van der Waals surface area contributed by atoms with E-state index < -0.39 is 5.97 Å². The fourth-order valence-corrected chi connectivity index (χ4v) is 2.59. The second-order valence-corrected chi connectivity index (χ2v) is 5.16. The number of nitrogens with zero attached hydrogens (tertiary/aromatic N) is 1. The van der Waals surface area contributed by atoms with Gasteiger partial charge in [-0.2, -0.15) is 0 Å². The fraction of sp³-hybridized carbons (Fsp3) is 0.176. The first-order chi connectivity index (χ1) is 10.6. The van der Waals surface area contributed by atoms with E-state index in [-0.39, 0.29) is 11.8 Å². The van der Waals surface area contributed by atoms with Crippen LogP contribution in [0.2, 0.25) is 0 Å². The largest absolute Gasteiger partial charge is 0.429 e. The van der Waals surface area contributed by atoms with E-state index in [0.29, 0.717) is 5.76 Å². The summed E-state index contributed by atoms with van der Waals surface area (Å²) in [5, 5.41) is 1.06. The maximum atomic E-state index is 11.5. The van der Waals surface area contributed by atoms with Crippen LogP contribution >= 0.6 is 0 Å². The van der Waals surface area contributed by atoms with Crippen LogP contribution in [-0.4, -0.2) is 21.8 Å². The molecule has 1 N–H and O–H groups in total. The van der Waals surface area contributed by atoms with Crippen LogP contribution in [0.1, 0.15) is 25.3 Å². The number of ether oxygens (including phenoxy) is 1. The molecular formula is C17H16N2O3. The second kappa shape index (κ2) is 5.52. The predicted molar refractivity (Wildman–Crippen MR) is 82.5 cm³/mol. The molecule has 3 rings (SSSR count). The molecular weight excluding hydrogens is 280 g/mol. The molecule has 112 valence electrons. The van der Waals surface area contributed by atoms with Crippen molar-refractivity contribution in [2.75, 3.05) is 0 Å². The predicted octanol–water partition coefficient (Wildman–Crippen LogP) is 3.03. The summed E-state index contributed by atoms with van der Waals surface area (Å²) in [5.74, 6) is -0.321. The topological polar surface area (TPSA) is 62.4 Å². The average Bonchev–Trinajstić information content (AvgIpc) is 2.90. The molecule has 1 aliphatic heterocycles. The van der Waals surface area contributed by atoms with Gasteiger partial charge >= 0.3 is 5.97 Å². The number of hydrogen-bond acceptors (Lipinski definition) is 3. The lowest BCUT2D eigenvalue weighted by Crippen LogP contribution is -2.23. The molecule has 0 spiro atoms. The third-order valence-electron chi connectivity index (χ3n) is 3.59. The highest BCUT2D eigenvalue weighted by atomic mass is 16.5. The van der Waals surface area contributed by atoms with E-state index in [1.165, 1.54) is 18.7 Å². The number of esters is 1. The number of para-hydroxylation sites is 1. The van der Waals surface area contributed by atoms with Crippen molar-refractivity contribution in [1.29, 1.82) is 0 Å². The van der Waals surface area contributed by atoms with Crippen LogP contribution in [0.25, 0.3) is 10.9 Å². The highest BCUT2D eigenvalue weighted by Gasteiger charge is 2.25. The quantitative estimate of drug-likeness (QED) is 0.866. The fourth-order valence-electron chi connectivity index (χ4n) is 2.59. The number of rotatable bonds is 2. The summed E-state index contributed by atoms with van der Waals surface area (Å²) in [6, 6.07) is 7.92. The van der Waals surface area contributed by atoms with Crippen molar-refractivity contribution in [3.8, 4) is 0 Å². The Hall–Kier alpha value is -2.82. The van der Waals surface area contributed by atoms with Gasteiger partial charge < -0.3 is 9.72 Å². The van der Waals surface area contributed by atoms with Crippen molar-refractivity contribution < 1.29 is 14.3 Å². The van der Waals surface area contributed by atoms with E-state index in [0.717, 1.165) is 16.5 Å². The Kier molecular flexibility index (Phi) is 3.55. The third-order valence-corrected chi connectivity index (χ3v) is 3.59. The van der Waals surface area contributed by atoms with Crippen molar-refractivity contribution >= 4 is 22.8 Å². The second-order valence-electron chi connectivity index (χ2n) is 5.16. The standard InChI is InChI=1S/C17H16N2O3/c1-11(20)19-8-7-14(17(10-19)22-12(2)21)15-9-18-16-6-4-3-5-13(15)16/h3-10,14,18H,1-2H3. The van der Waals surface area contributed by atoms with E-state index in [1.807, 2.05) is 36.5 Å². The lowest BCUT2D eigenvalue weighted by molar-refractivity contribution is -0.137. The Morgan fingerprint density at radius 2 is 2.00 bits per heavy atom. The lowest BCUT2D eigenvalue weighted by atomic mass is 9.95. The molecule has 0 saturated carbocycles. The van der Waals surface area contributed by atoms with Gasteiger partial charge in [0.1, 0.15) is 5.76 Å². The van der Waals surface area contributed by atoms with Crippen LogP contribution in [0.15, 0.2) is 54.7 Å². The number of hydrogen-bond donors (Lipinski definition) is 1. The third kappa shape index (κ3) is 2.53. The van der Waals surface area contributed by atoms with E-state index in [9.17, 15) is 9.59 Å². The summed E-state index contributed by atoms with van der Waals surface area (Å²) in [6.45, 7) is 2.81. The van der Waals surface area contributed by atoms with Gasteiger partial charge in [-0.15, -0.1) is 0 Å². The molecule has 1 amide bonds. The Morgan fingerprint density at radius 3 is 2.73 bits per heavy atom. The summed E-state index contributed by atoms with van der Waals surface area (Å²) >= 11 is 0. The molecule has 2 heterocycles. The van der Waals surface area contributed by atoms with Gasteiger partial charge in [-0.25, -0.2) is 0 Å². The van der Waals surface area contributed by atoms with Crippen LogP contribution in [-0.2, 0) is 14.3 Å². The number of carbonyl (C=O) groups excluding carboxylic acids is 2. The van der Waals surface area contributed by atoms with E-state index in [2.05, 4.69) is 4.98 Å². The minimum absolute atomic E-state index is 0.140. The van der Waals surface area contributed by atoms with E-state index in [1.54, 1.807) is 12.4 Å². The van der Waals surface area contributed by atoms with Crippen LogP contribution in [0.3, 0.4) is 0 Å². The van der Waals surface area contributed by atoms with Gasteiger partial charge in [-0.05, 0) is 11.6 Å². The number of amides is 1. The zero-order valence-electron chi connectivity index (χ0n) is 12.4. The molecule has 0 bridgehead atoms. The van der Waals surface area contributed by atoms with Gasteiger partial charge in [0.25, 0.3) is 0 Å². The zero-order chi connectivity index (χ0) is 15.7. The first-order valence-electron chi connectivity index (χ1n) is 6.99. The number of nitrogens with one attached hydrogen (secondary N) is 1. The van der Waals surface area contributed by atoms with Crippen molar-refractivity contribution in [1.82, 2.24) is 9.88 Å². The SMILES string of the molecule is CC(=O)OC1=CN(C(C)=O)C=CC1c1c[nH]c2ccccc12. The molecule has 1 aliphatic rings. The molecule has 5 nitrogen and oxygen atoms in total. The van der Waals surface area contributed by atoms with Gasteiger partial charge in [0.05, 0.1) is 12.1 Å². The monoisotopic (exact) mass is 296 g/mol. The molecule has 0 aliphatic carbocycles. The highest BCUT2D eigenvalue weighted by Crippen LogP contribution is 2.34. The Morgan fingerprint density at radius 1 is 1.23 bits per heavy atom. The van der Waals surface area contributed by atoms with Crippen molar-refractivity contribution in [2.45, 2.75) is 19.8 Å². The number of carbonyl (C=O) groups is 2. The smallest absolute Gasteiger partial charge is 0.307 e. The maximum Gasteiger partial charge on any atom is 0.307 e. The van der Waals surface area contributed by atoms with Crippen LogP contribution in [0, 0.1) is 0 Å². The summed E-state index contributed by atoms with van der Waals surface area (Å²) in [6.07, 6.45) is 7.02. The number of allylic oxidation sites excluding steroid dienone is 1. The van der Waals surface area contributed by atoms with Gasteiger partial charge in [-0.3, -0.25) is 14.5 Å². The van der Waals surface area contributed by atoms with Gasteiger partial charge in [0, 0.05) is 37.1 Å². The number of fused-ring (bicyclic) bond motifs is 1. The molecule has 0 saturated heterocycles. The summed E-state index contributed by atoms with van der Waals surface area (Å²) in [4.78, 5) is 27.5. The molecule has 0 radical (unpaired) electrons. The van der Waals surface area contributed by atoms with E-state index >= 15 is 0 Å². The Bertz CT molecular complexity index is 801. The lowest BCUT2D eigenvalue weighted by Gasteiger charge is -2.24. The molecule has 0 fully saturated rings. The zero-order valence-corrected chi connectivity index (χ0v) is 12.4. The first kappa shape index (κ1) is 14.1. The number of benzene rings is 1. The molecule has 1 atom stereocenters.